The maximum Gasteiger partial charge on any atom is 0.123 e. The molecule has 0 saturated carbocycles. The number of hydrogen-bond acceptors (Lipinski definition) is 2. The van der Waals surface area contributed by atoms with Gasteiger partial charge in [0.25, 0.3) is 0 Å². The van der Waals surface area contributed by atoms with Gasteiger partial charge in [-0.3, -0.25) is 0 Å². The molecule has 0 radical (unpaired) electrons. The van der Waals surface area contributed by atoms with Gasteiger partial charge >= 0.3 is 0 Å². The average Bonchev–Trinajstić information content (AvgIpc) is 3.11. The third-order valence-corrected chi connectivity index (χ3v) is 4.48. The van der Waals surface area contributed by atoms with Gasteiger partial charge in [0.2, 0.25) is 0 Å². The first-order valence-corrected chi connectivity index (χ1v) is 9.24. The molecule has 0 bridgehead atoms. The Morgan fingerprint density at radius 1 is 0.792 bits per heavy atom. The first-order valence-electron chi connectivity index (χ1n) is 8.43. The summed E-state index contributed by atoms with van der Waals surface area (Å²) >= 11 is 1.63. The Bertz CT molecular complexity index is 745. The summed E-state index contributed by atoms with van der Waals surface area (Å²) < 4.78 is 12.9. The molecule has 0 aliphatic heterocycles. The molecule has 0 spiro atoms. The van der Waals surface area contributed by atoms with Crippen molar-refractivity contribution >= 4 is 11.3 Å². The van der Waals surface area contributed by atoms with E-state index >= 15 is 0 Å². The van der Waals surface area contributed by atoms with E-state index in [0.717, 1.165) is 21.0 Å². The zero-order chi connectivity index (χ0) is 18.1. The largest absolute Gasteiger partial charge is 0.244 e. The molecule has 0 N–H and O–H groups in total. The number of nitrogens with zero attached hydrogens (tertiary/aromatic N) is 1. The lowest BCUT2D eigenvalue weighted by molar-refractivity contribution is 0.628. The average molecular weight is 344 g/mol. The zero-order valence-electron chi connectivity index (χ0n) is 15.4. The molecule has 0 aliphatic rings. The summed E-state index contributed by atoms with van der Waals surface area (Å²) in [5, 5.41) is 0.993. The molecule has 1 aromatic heterocycles. The van der Waals surface area contributed by atoms with Gasteiger partial charge in [0.05, 0.1) is 4.88 Å². The molecule has 0 fully saturated rings. The maximum absolute atomic E-state index is 12.9. The summed E-state index contributed by atoms with van der Waals surface area (Å²) in [4.78, 5) is 5.53. The van der Waals surface area contributed by atoms with Gasteiger partial charge in [0.15, 0.2) is 0 Å². The molecular weight excluding hydrogens is 317 g/mol. The Balaban J connectivity index is 0.000000671. The lowest BCUT2D eigenvalue weighted by Crippen LogP contribution is -1.82. The molecule has 3 rings (SSSR count). The second kappa shape index (κ2) is 9.99. The van der Waals surface area contributed by atoms with E-state index in [-0.39, 0.29) is 5.82 Å². The second-order valence-corrected chi connectivity index (χ2v) is 5.87. The topological polar surface area (TPSA) is 12.9 Å². The molecule has 0 atom stereocenters. The SMILES string of the molecule is CC.CC.Cc1ccc(-c2ncc(-c3ccc(F)cc3)s2)cc1C. The first kappa shape index (κ1) is 20.0. The Hall–Kier alpha value is -2.00. The van der Waals surface area contributed by atoms with Crippen molar-refractivity contribution in [3.63, 3.8) is 0 Å². The smallest absolute Gasteiger partial charge is 0.123 e. The summed E-state index contributed by atoms with van der Waals surface area (Å²) in [7, 11) is 0. The van der Waals surface area contributed by atoms with Crippen LogP contribution < -0.4 is 0 Å². The molecule has 1 nitrogen and oxygen atoms in total. The van der Waals surface area contributed by atoms with Gasteiger partial charge in [0.1, 0.15) is 10.8 Å². The first-order chi connectivity index (χ1) is 11.6. The molecule has 3 aromatic rings. The third-order valence-electron chi connectivity index (χ3n) is 3.39. The summed E-state index contributed by atoms with van der Waals surface area (Å²) in [5.41, 5.74) is 4.68. The minimum absolute atomic E-state index is 0.215. The van der Waals surface area contributed by atoms with E-state index in [1.165, 1.54) is 23.3 Å². The van der Waals surface area contributed by atoms with E-state index in [1.54, 1.807) is 23.5 Å². The van der Waals surface area contributed by atoms with Crippen LogP contribution in [0.1, 0.15) is 38.8 Å². The fraction of sp³-hybridized carbons (Fsp3) is 0.286. The fourth-order valence-electron chi connectivity index (χ4n) is 2.03. The number of hydrogen-bond donors (Lipinski definition) is 0. The van der Waals surface area contributed by atoms with Crippen molar-refractivity contribution < 1.29 is 4.39 Å². The highest BCUT2D eigenvalue weighted by Crippen LogP contribution is 2.32. The van der Waals surface area contributed by atoms with Crippen LogP contribution >= 0.6 is 11.3 Å². The standard InChI is InChI=1S/C17H14FNS.2C2H6/c1-11-3-4-14(9-12(11)2)17-19-10-16(20-17)13-5-7-15(18)8-6-13;2*1-2/h3-10H,1-2H3;2*1-2H3. The number of halogens is 1. The van der Waals surface area contributed by atoms with Gasteiger partial charge in [-0.1, -0.05) is 52.0 Å². The van der Waals surface area contributed by atoms with E-state index in [4.69, 9.17) is 0 Å². The highest BCUT2D eigenvalue weighted by molar-refractivity contribution is 7.18. The lowest BCUT2D eigenvalue weighted by atomic mass is 10.1. The molecule has 0 unspecified atom stereocenters. The van der Waals surface area contributed by atoms with Crippen LogP contribution in [0, 0.1) is 19.7 Å². The second-order valence-electron chi connectivity index (χ2n) is 4.84. The van der Waals surface area contributed by atoms with Gasteiger partial charge in [-0.2, -0.15) is 0 Å². The van der Waals surface area contributed by atoms with Crippen molar-refractivity contribution in [1.29, 1.82) is 0 Å². The van der Waals surface area contributed by atoms with Crippen molar-refractivity contribution in [2.24, 2.45) is 0 Å². The number of rotatable bonds is 2. The molecule has 128 valence electrons. The van der Waals surface area contributed by atoms with E-state index < -0.39 is 0 Å². The normalized spacial score (nSPS) is 9.46. The van der Waals surface area contributed by atoms with Crippen LogP contribution in [0.2, 0.25) is 0 Å². The molecule has 3 heteroatoms. The van der Waals surface area contributed by atoms with Gasteiger partial charge in [-0.25, -0.2) is 9.37 Å². The molecule has 0 saturated heterocycles. The van der Waals surface area contributed by atoms with Crippen LogP contribution in [0.3, 0.4) is 0 Å². The van der Waals surface area contributed by atoms with Crippen LogP contribution in [-0.2, 0) is 0 Å². The van der Waals surface area contributed by atoms with Crippen LogP contribution in [0.25, 0.3) is 21.0 Å². The number of thiazole rings is 1. The summed E-state index contributed by atoms with van der Waals surface area (Å²) in [6, 6.07) is 12.9. The lowest BCUT2D eigenvalue weighted by Gasteiger charge is -2.02. The van der Waals surface area contributed by atoms with Gasteiger partial charge in [-0.15, -0.1) is 11.3 Å². The third kappa shape index (κ3) is 5.00. The maximum atomic E-state index is 12.9. The number of aromatic nitrogens is 1. The van der Waals surface area contributed by atoms with Crippen molar-refractivity contribution in [2.45, 2.75) is 41.5 Å². The Labute approximate surface area is 149 Å². The van der Waals surface area contributed by atoms with Crippen molar-refractivity contribution in [3.05, 3.63) is 65.6 Å². The quantitative estimate of drug-likeness (QED) is 0.476. The monoisotopic (exact) mass is 343 g/mol. The van der Waals surface area contributed by atoms with Gasteiger partial charge < -0.3 is 0 Å². The Morgan fingerprint density at radius 2 is 1.38 bits per heavy atom. The van der Waals surface area contributed by atoms with Crippen LogP contribution in [0.4, 0.5) is 4.39 Å². The summed E-state index contributed by atoms with van der Waals surface area (Å²) in [6.07, 6.45) is 1.85. The van der Waals surface area contributed by atoms with Gasteiger partial charge in [0, 0.05) is 11.8 Å². The van der Waals surface area contributed by atoms with Crippen LogP contribution in [-0.4, -0.2) is 4.98 Å². The van der Waals surface area contributed by atoms with Gasteiger partial charge in [-0.05, 0) is 48.7 Å². The summed E-state index contributed by atoms with van der Waals surface area (Å²) in [6.45, 7) is 12.2. The number of aryl methyl sites for hydroxylation is 2. The van der Waals surface area contributed by atoms with E-state index in [2.05, 4.69) is 37.0 Å². The predicted molar refractivity (Wildman–Crippen MR) is 105 cm³/mol. The van der Waals surface area contributed by atoms with Crippen molar-refractivity contribution in [2.75, 3.05) is 0 Å². The van der Waals surface area contributed by atoms with E-state index in [0.29, 0.717) is 0 Å². The Morgan fingerprint density at radius 3 is 1.96 bits per heavy atom. The minimum Gasteiger partial charge on any atom is -0.244 e. The molecule has 2 aromatic carbocycles. The zero-order valence-corrected chi connectivity index (χ0v) is 16.2. The van der Waals surface area contributed by atoms with E-state index in [1.807, 2.05) is 33.9 Å². The predicted octanol–water partition coefficient (Wildman–Crippen LogP) is 7.29. The number of benzene rings is 2. The Kier molecular flexibility index (Phi) is 8.34. The molecular formula is C21H26FNS. The van der Waals surface area contributed by atoms with Crippen LogP contribution in [0.15, 0.2) is 48.7 Å². The van der Waals surface area contributed by atoms with Crippen molar-refractivity contribution in [1.82, 2.24) is 4.98 Å². The molecule has 0 amide bonds. The molecule has 24 heavy (non-hydrogen) atoms. The highest BCUT2D eigenvalue weighted by Gasteiger charge is 2.07. The van der Waals surface area contributed by atoms with Crippen LogP contribution in [0.5, 0.6) is 0 Å². The minimum atomic E-state index is -0.215. The summed E-state index contributed by atoms with van der Waals surface area (Å²) in [5.74, 6) is -0.215. The highest BCUT2D eigenvalue weighted by atomic mass is 32.1. The molecule has 0 aliphatic carbocycles. The fourth-order valence-corrected chi connectivity index (χ4v) is 2.95. The molecule has 1 heterocycles. The van der Waals surface area contributed by atoms with E-state index in [9.17, 15) is 4.39 Å². The van der Waals surface area contributed by atoms with Crippen molar-refractivity contribution in [3.8, 4) is 21.0 Å².